The van der Waals surface area contributed by atoms with Crippen molar-refractivity contribution in [3.8, 4) is 0 Å². The van der Waals surface area contributed by atoms with Gasteiger partial charge in [-0.15, -0.1) is 0 Å². The highest BCUT2D eigenvalue weighted by molar-refractivity contribution is 4.83. The van der Waals surface area contributed by atoms with E-state index in [1.165, 1.54) is 19.3 Å². The van der Waals surface area contributed by atoms with Gasteiger partial charge >= 0.3 is 0 Å². The summed E-state index contributed by atoms with van der Waals surface area (Å²) in [6.45, 7) is 3.65. The topological polar surface area (TPSA) is 29.5 Å². The van der Waals surface area contributed by atoms with Gasteiger partial charge in [0.25, 0.3) is 0 Å². The zero-order chi connectivity index (χ0) is 8.55. The molecule has 2 aliphatic rings. The standard InChI is InChI=1S/C10H18O2/c1-7-2-8(3-7)4-9-5-12-6-10(9)11/h7-11H,2-6H2,1H3. The van der Waals surface area contributed by atoms with Gasteiger partial charge in [0.2, 0.25) is 0 Å². The molecule has 2 nitrogen and oxygen atoms in total. The van der Waals surface area contributed by atoms with E-state index in [9.17, 15) is 5.11 Å². The number of aliphatic hydroxyl groups is 1. The zero-order valence-corrected chi connectivity index (χ0v) is 7.70. The average molecular weight is 170 g/mol. The first-order chi connectivity index (χ1) is 5.75. The van der Waals surface area contributed by atoms with Crippen LogP contribution in [0.4, 0.5) is 0 Å². The van der Waals surface area contributed by atoms with Crippen molar-refractivity contribution < 1.29 is 9.84 Å². The third-order valence-corrected chi connectivity index (χ3v) is 3.27. The second-order valence-corrected chi connectivity index (χ2v) is 4.54. The Bertz CT molecular complexity index is 152. The number of aliphatic hydroxyl groups excluding tert-OH is 1. The third-order valence-electron chi connectivity index (χ3n) is 3.27. The second kappa shape index (κ2) is 3.35. The molecule has 2 heteroatoms. The number of rotatable bonds is 2. The van der Waals surface area contributed by atoms with Crippen molar-refractivity contribution in [2.24, 2.45) is 17.8 Å². The van der Waals surface area contributed by atoms with E-state index < -0.39 is 0 Å². The van der Waals surface area contributed by atoms with E-state index in [1.54, 1.807) is 0 Å². The molecule has 0 aromatic heterocycles. The summed E-state index contributed by atoms with van der Waals surface area (Å²) in [4.78, 5) is 0. The largest absolute Gasteiger partial charge is 0.390 e. The van der Waals surface area contributed by atoms with E-state index in [0.717, 1.165) is 18.4 Å². The molecular formula is C10H18O2. The second-order valence-electron chi connectivity index (χ2n) is 4.54. The molecule has 1 saturated carbocycles. The van der Waals surface area contributed by atoms with Crippen molar-refractivity contribution in [2.75, 3.05) is 13.2 Å². The highest BCUT2D eigenvalue weighted by Gasteiger charge is 2.33. The Balaban J connectivity index is 1.72. The summed E-state index contributed by atoms with van der Waals surface area (Å²) in [5.74, 6) is 2.23. The minimum absolute atomic E-state index is 0.180. The monoisotopic (exact) mass is 170 g/mol. The van der Waals surface area contributed by atoms with Gasteiger partial charge in [-0.3, -0.25) is 0 Å². The fraction of sp³-hybridized carbons (Fsp3) is 1.00. The lowest BCUT2D eigenvalue weighted by Crippen LogP contribution is -2.27. The van der Waals surface area contributed by atoms with Crippen LogP contribution in [0.5, 0.6) is 0 Å². The lowest BCUT2D eigenvalue weighted by Gasteiger charge is -2.34. The molecule has 0 bridgehead atoms. The predicted molar refractivity (Wildman–Crippen MR) is 46.8 cm³/mol. The summed E-state index contributed by atoms with van der Waals surface area (Å²) in [5.41, 5.74) is 0. The first-order valence-corrected chi connectivity index (χ1v) is 5.01. The summed E-state index contributed by atoms with van der Waals surface area (Å²) in [6, 6.07) is 0. The predicted octanol–water partition coefficient (Wildman–Crippen LogP) is 1.43. The first-order valence-electron chi connectivity index (χ1n) is 5.01. The van der Waals surface area contributed by atoms with E-state index in [-0.39, 0.29) is 6.10 Å². The lowest BCUT2D eigenvalue weighted by molar-refractivity contribution is 0.0974. The van der Waals surface area contributed by atoms with Crippen LogP contribution in [-0.2, 0) is 4.74 Å². The van der Waals surface area contributed by atoms with Gasteiger partial charge < -0.3 is 9.84 Å². The normalized spacial score (nSPS) is 47.5. The molecule has 12 heavy (non-hydrogen) atoms. The van der Waals surface area contributed by atoms with Gasteiger partial charge in [-0.2, -0.15) is 0 Å². The Kier molecular flexibility index (Phi) is 2.37. The summed E-state index contributed by atoms with van der Waals surface area (Å²) in [5, 5.41) is 9.50. The number of hydrogen-bond donors (Lipinski definition) is 1. The molecule has 0 amide bonds. The average Bonchev–Trinajstić information content (AvgIpc) is 2.33. The van der Waals surface area contributed by atoms with Crippen molar-refractivity contribution in [3.63, 3.8) is 0 Å². The molecule has 1 saturated heterocycles. The fourth-order valence-electron chi connectivity index (χ4n) is 2.50. The molecule has 1 heterocycles. The SMILES string of the molecule is CC1CC(CC2COCC2O)C1. The summed E-state index contributed by atoms with van der Waals surface area (Å²) in [7, 11) is 0. The lowest BCUT2D eigenvalue weighted by atomic mass is 9.71. The molecule has 1 aliphatic carbocycles. The number of ether oxygens (including phenoxy) is 1. The molecular weight excluding hydrogens is 152 g/mol. The van der Waals surface area contributed by atoms with Crippen molar-refractivity contribution in [2.45, 2.75) is 32.3 Å². The quantitative estimate of drug-likeness (QED) is 0.679. The van der Waals surface area contributed by atoms with Gasteiger partial charge in [-0.05, 0) is 31.1 Å². The van der Waals surface area contributed by atoms with Crippen LogP contribution in [0.3, 0.4) is 0 Å². The van der Waals surface area contributed by atoms with Crippen molar-refractivity contribution in [1.82, 2.24) is 0 Å². The van der Waals surface area contributed by atoms with Gasteiger partial charge in [0.15, 0.2) is 0 Å². The van der Waals surface area contributed by atoms with Gasteiger partial charge in [-0.25, -0.2) is 0 Å². The van der Waals surface area contributed by atoms with Crippen LogP contribution < -0.4 is 0 Å². The molecule has 0 aromatic carbocycles. The maximum Gasteiger partial charge on any atom is 0.0823 e. The first kappa shape index (κ1) is 8.52. The minimum atomic E-state index is -0.180. The van der Waals surface area contributed by atoms with Crippen LogP contribution in [0.25, 0.3) is 0 Å². The summed E-state index contributed by atoms with van der Waals surface area (Å²) in [6.07, 6.45) is 3.73. The van der Waals surface area contributed by atoms with Gasteiger partial charge in [-0.1, -0.05) is 6.92 Å². The van der Waals surface area contributed by atoms with Crippen molar-refractivity contribution in [3.05, 3.63) is 0 Å². The van der Waals surface area contributed by atoms with Crippen LogP contribution in [0.1, 0.15) is 26.2 Å². The molecule has 1 N–H and O–H groups in total. The molecule has 1 aliphatic heterocycles. The van der Waals surface area contributed by atoms with Crippen LogP contribution >= 0.6 is 0 Å². The Morgan fingerprint density at radius 2 is 2.08 bits per heavy atom. The Labute approximate surface area is 73.9 Å². The minimum Gasteiger partial charge on any atom is -0.390 e. The molecule has 0 spiro atoms. The van der Waals surface area contributed by atoms with E-state index in [0.29, 0.717) is 12.5 Å². The Hall–Kier alpha value is -0.0800. The maximum atomic E-state index is 9.50. The molecule has 2 rings (SSSR count). The van der Waals surface area contributed by atoms with Gasteiger partial charge in [0.1, 0.15) is 0 Å². The third kappa shape index (κ3) is 1.64. The Morgan fingerprint density at radius 1 is 1.33 bits per heavy atom. The van der Waals surface area contributed by atoms with Crippen molar-refractivity contribution in [1.29, 1.82) is 0 Å². The van der Waals surface area contributed by atoms with Crippen molar-refractivity contribution >= 4 is 0 Å². The number of hydrogen-bond acceptors (Lipinski definition) is 2. The molecule has 2 atom stereocenters. The fourth-order valence-corrected chi connectivity index (χ4v) is 2.50. The van der Waals surface area contributed by atoms with E-state index in [4.69, 9.17) is 4.74 Å². The van der Waals surface area contributed by atoms with E-state index in [1.807, 2.05) is 0 Å². The smallest absolute Gasteiger partial charge is 0.0823 e. The summed E-state index contributed by atoms with van der Waals surface area (Å²) >= 11 is 0. The highest BCUT2D eigenvalue weighted by atomic mass is 16.5. The molecule has 0 radical (unpaired) electrons. The molecule has 70 valence electrons. The Morgan fingerprint density at radius 3 is 2.58 bits per heavy atom. The van der Waals surface area contributed by atoms with Gasteiger partial charge in [0, 0.05) is 5.92 Å². The van der Waals surface area contributed by atoms with Crippen LogP contribution in [-0.4, -0.2) is 24.4 Å². The van der Waals surface area contributed by atoms with Crippen LogP contribution in [0, 0.1) is 17.8 Å². The van der Waals surface area contributed by atoms with Crippen LogP contribution in [0.2, 0.25) is 0 Å². The van der Waals surface area contributed by atoms with Gasteiger partial charge in [0.05, 0.1) is 19.3 Å². The molecule has 2 fully saturated rings. The van der Waals surface area contributed by atoms with E-state index in [2.05, 4.69) is 6.92 Å². The zero-order valence-electron chi connectivity index (χ0n) is 7.70. The molecule has 0 aromatic rings. The van der Waals surface area contributed by atoms with E-state index >= 15 is 0 Å². The molecule has 2 unspecified atom stereocenters. The highest BCUT2D eigenvalue weighted by Crippen LogP contribution is 2.38. The summed E-state index contributed by atoms with van der Waals surface area (Å²) < 4.78 is 5.22. The van der Waals surface area contributed by atoms with Crippen LogP contribution in [0.15, 0.2) is 0 Å². The maximum absolute atomic E-state index is 9.50.